The number of rotatable bonds is 4. The topological polar surface area (TPSA) is 100 Å². The number of carboxylic acid groups (broad SMARTS) is 1. The van der Waals surface area contributed by atoms with Crippen molar-refractivity contribution in [3.8, 4) is 11.4 Å². The van der Waals surface area contributed by atoms with E-state index in [-0.39, 0.29) is 17.4 Å². The summed E-state index contributed by atoms with van der Waals surface area (Å²) in [5.41, 5.74) is 0.759. The molecule has 2 aromatic rings. The van der Waals surface area contributed by atoms with E-state index in [1.54, 1.807) is 0 Å². The van der Waals surface area contributed by atoms with Crippen molar-refractivity contribution in [1.29, 1.82) is 0 Å². The van der Waals surface area contributed by atoms with Gasteiger partial charge in [0.25, 0.3) is 10.0 Å². The van der Waals surface area contributed by atoms with Crippen molar-refractivity contribution in [3.05, 3.63) is 30.3 Å². The van der Waals surface area contributed by atoms with Gasteiger partial charge >= 0.3 is 5.97 Å². The number of carbonyl (C=O) groups is 1. The van der Waals surface area contributed by atoms with Crippen LogP contribution in [0.25, 0.3) is 11.4 Å². The van der Waals surface area contributed by atoms with E-state index in [9.17, 15) is 13.2 Å². The van der Waals surface area contributed by atoms with Crippen molar-refractivity contribution >= 4 is 27.5 Å². The van der Waals surface area contributed by atoms with Crippen molar-refractivity contribution in [3.63, 3.8) is 0 Å². The SMILES string of the molecule is O=C(O)C1CCN(S(=O)(=O)c2nc(-c3ccccc3)ns2)CC1. The van der Waals surface area contributed by atoms with Gasteiger partial charge in [0.05, 0.1) is 5.92 Å². The van der Waals surface area contributed by atoms with Gasteiger partial charge in [-0.05, 0) is 24.4 Å². The zero-order valence-corrected chi connectivity index (χ0v) is 13.8. The van der Waals surface area contributed by atoms with E-state index in [0.29, 0.717) is 18.7 Å². The van der Waals surface area contributed by atoms with Crippen molar-refractivity contribution < 1.29 is 18.3 Å². The molecule has 1 aromatic carbocycles. The highest BCUT2D eigenvalue weighted by Crippen LogP contribution is 2.27. The number of aromatic nitrogens is 2. The maximum atomic E-state index is 12.6. The van der Waals surface area contributed by atoms with Gasteiger partial charge in [-0.15, -0.1) is 0 Å². The summed E-state index contributed by atoms with van der Waals surface area (Å²) >= 11 is 0.845. The lowest BCUT2D eigenvalue weighted by molar-refractivity contribution is -0.142. The van der Waals surface area contributed by atoms with Crippen LogP contribution in [0.5, 0.6) is 0 Å². The molecule has 7 nitrogen and oxygen atoms in total. The summed E-state index contributed by atoms with van der Waals surface area (Å²) in [5.74, 6) is -0.963. The van der Waals surface area contributed by atoms with Crippen LogP contribution in [0.3, 0.4) is 0 Å². The summed E-state index contributed by atoms with van der Waals surface area (Å²) in [6.45, 7) is 0.388. The van der Waals surface area contributed by atoms with Gasteiger partial charge in [-0.25, -0.2) is 13.4 Å². The first-order valence-electron chi connectivity index (χ1n) is 7.10. The van der Waals surface area contributed by atoms with Crippen LogP contribution < -0.4 is 0 Å². The molecule has 0 unspecified atom stereocenters. The fourth-order valence-electron chi connectivity index (χ4n) is 2.47. The lowest BCUT2D eigenvalue weighted by atomic mass is 9.99. The molecule has 23 heavy (non-hydrogen) atoms. The summed E-state index contributed by atoms with van der Waals surface area (Å²) in [6.07, 6.45) is 0.637. The smallest absolute Gasteiger partial charge is 0.306 e. The average molecular weight is 353 g/mol. The average Bonchev–Trinajstić information content (AvgIpc) is 3.06. The summed E-state index contributed by atoms with van der Waals surface area (Å²) in [5, 5.41) is 8.99. The number of benzene rings is 1. The summed E-state index contributed by atoms with van der Waals surface area (Å²) in [4.78, 5) is 15.1. The van der Waals surface area contributed by atoms with Crippen molar-refractivity contribution in [1.82, 2.24) is 13.7 Å². The molecule has 1 aliphatic heterocycles. The van der Waals surface area contributed by atoms with Gasteiger partial charge in [0.2, 0.25) is 4.34 Å². The normalized spacial score (nSPS) is 17.2. The Morgan fingerprint density at radius 1 is 1.22 bits per heavy atom. The lowest BCUT2D eigenvalue weighted by Gasteiger charge is -2.28. The first-order valence-corrected chi connectivity index (χ1v) is 9.32. The maximum absolute atomic E-state index is 12.6. The molecule has 0 atom stereocenters. The zero-order chi connectivity index (χ0) is 16.4. The Hall–Kier alpha value is -1.84. The summed E-state index contributed by atoms with van der Waals surface area (Å²) in [6, 6.07) is 9.16. The Bertz CT molecular complexity index is 796. The third-order valence-corrected chi connectivity index (χ3v) is 6.75. The van der Waals surface area contributed by atoms with E-state index >= 15 is 0 Å². The van der Waals surface area contributed by atoms with Crippen LogP contribution in [-0.2, 0) is 14.8 Å². The fourth-order valence-corrected chi connectivity index (χ4v) is 4.83. The Balaban J connectivity index is 1.79. The molecule has 0 radical (unpaired) electrons. The first kappa shape index (κ1) is 16.0. The van der Waals surface area contributed by atoms with Gasteiger partial charge < -0.3 is 5.11 Å². The van der Waals surface area contributed by atoms with Crippen molar-refractivity contribution in [2.45, 2.75) is 17.2 Å². The molecule has 1 saturated heterocycles. The molecule has 1 fully saturated rings. The minimum Gasteiger partial charge on any atom is -0.481 e. The second kappa shape index (κ2) is 6.34. The van der Waals surface area contributed by atoms with Gasteiger partial charge in [0.15, 0.2) is 5.82 Å². The van der Waals surface area contributed by atoms with E-state index in [4.69, 9.17) is 5.11 Å². The highest BCUT2D eigenvalue weighted by Gasteiger charge is 2.34. The minimum atomic E-state index is -3.71. The molecule has 9 heteroatoms. The van der Waals surface area contributed by atoms with E-state index in [1.807, 2.05) is 30.3 Å². The highest BCUT2D eigenvalue weighted by atomic mass is 32.2. The quantitative estimate of drug-likeness (QED) is 0.898. The molecule has 3 rings (SSSR count). The van der Waals surface area contributed by atoms with Gasteiger partial charge in [-0.1, -0.05) is 30.3 Å². The minimum absolute atomic E-state index is 0.0508. The predicted octanol–water partition coefficient (Wildman–Crippen LogP) is 1.69. The van der Waals surface area contributed by atoms with Crippen LogP contribution in [0.1, 0.15) is 12.8 Å². The van der Waals surface area contributed by atoms with Gasteiger partial charge in [0, 0.05) is 18.7 Å². The number of sulfonamides is 1. The van der Waals surface area contributed by atoms with Crippen molar-refractivity contribution in [2.75, 3.05) is 13.1 Å². The number of hydrogen-bond acceptors (Lipinski definition) is 6. The molecule has 0 bridgehead atoms. The third kappa shape index (κ3) is 3.26. The largest absolute Gasteiger partial charge is 0.481 e. The Morgan fingerprint density at radius 3 is 2.48 bits per heavy atom. The number of nitrogens with zero attached hydrogens (tertiary/aromatic N) is 3. The van der Waals surface area contributed by atoms with E-state index in [2.05, 4.69) is 9.36 Å². The highest BCUT2D eigenvalue weighted by molar-refractivity contribution is 7.91. The van der Waals surface area contributed by atoms with Crippen LogP contribution in [0.4, 0.5) is 0 Å². The van der Waals surface area contributed by atoms with Crippen LogP contribution in [0.15, 0.2) is 34.7 Å². The van der Waals surface area contributed by atoms with Crippen LogP contribution >= 0.6 is 11.5 Å². The zero-order valence-electron chi connectivity index (χ0n) is 12.1. The molecule has 1 aliphatic rings. The van der Waals surface area contributed by atoms with Gasteiger partial charge in [-0.3, -0.25) is 4.79 Å². The van der Waals surface area contributed by atoms with Gasteiger partial charge in [0.1, 0.15) is 0 Å². The summed E-state index contributed by atoms with van der Waals surface area (Å²) < 4.78 is 30.6. The van der Waals surface area contributed by atoms with Crippen LogP contribution in [0, 0.1) is 5.92 Å². The molecule has 1 aromatic heterocycles. The molecule has 122 valence electrons. The fraction of sp³-hybridized carbons (Fsp3) is 0.357. The predicted molar refractivity (Wildman–Crippen MR) is 84.5 cm³/mol. The van der Waals surface area contributed by atoms with Crippen molar-refractivity contribution in [2.24, 2.45) is 5.92 Å². The number of piperidine rings is 1. The molecule has 0 spiro atoms. The second-order valence-electron chi connectivity index (χ2n) is 5.27. The van der Waals surface area contributed by atoms with Gasteiger partial charge in [-0.2, -0.15) is 8.68 Å². The van der Waals surface area contributed by atoms with E-state index < -0.39 is 21.9 Å². The standard InChI is InChI=1S/C14H15N3O4S2/c18-13(19)11-6-8-17(9-7-11)23(20,21)14-15-12(16-22-14)10-4-2-1-3-5-10/h1-5,11H,6-9H2,(H,18,19). The summed E-state index contributed by atoms with van der Waals surface area (Å²) in [7, 11) is -3.71. The van der Waals surface area contributed by atoms with Crippen LogP contribution in [0.2, 0.25) is 0 Å². The third-order valence-electron chi connectivity index (χ3n) is 3.80. The molecule has 2 heterocycles. The van der Waals surface area contributed by atoms with E-state index in [0.717, 1.165) is 17.1 Å². The number of hydrogen-bond donors (Lipinski definition) is 1. The second-order valence-corrected chi connectivity index (χ2v) is 8.13. The molecule has 0 aliphatic carbocycles. The lowest BCUT2D eigenvalue weighted by Crippen LogP contribution is -2.40. The number of aliphatic carboxylic acids is 1. The molecular formula is C14H15N3O4S2. The number of carboxylic acids is 1. The molecule has 0 amide bonds. The Kier molecular flexibility index (Phi) is 4.42. The maximum Gasteiger partial charge on any atom is 0.306 e. The van der Waals surface area contributed by atoms with E-state index in [1.165, 1.54) is 4.31 Å². The molecule has 1 N–H and O–H groups in total. The monoisotopic (exact) mass is 353 g/mol. The Morgan fingerprint density at radius 2 is 1.87 bits per heavy atom. The Labute approximate surface area is 137 Å². The van der Waals surface area contributed by atoms with Crippen LogP contribution in [-0.4, -0.2) is 46.2 Å². The molecular weight excluding hydrogens is 338 g/mol. The molecule has 0 saturated carbocycles. The first-order chi connectivity index (χ1) is 11.0.